The van der Waals surface area contributed by atoms with E-state index < -0.39 is 11.9 Å². The second kappa shape index (κ2) is 8.51. The van der Waals surface area contributed by atoms with Gasteiger partial charge >= 0.3 is 11.9 Å². The molecule has 6 heteroatoms. The first kappa shape index (κ1) is 15.4. The average Bonchev–Trinajstić information content (AvgIpc) is 2.28. The highest BCUT2D eigenvalue weighted by Gasteiger charge is 1.90. The number of rotatable bonds is 3. The van der Waals surface area contributed by atoms with Crippen molar-refractivity contribution >= 4 is 23.5 Å². The van der Waals surface area contributed by atoms with E-state index in [4.69, 9.17) is 10.2 Å². The zero-order valence-electron chi connectivity index (χ0n) is 9.66. The van der Waals surface area contributed by atoms with E-state index in [1.165, 1.54) is 6.92 Å². The molecule has 96 valence electrons. The summed E-state index contributed by atoms with van der Waals surface area (Å²) >= 11 is 0. The second-order valence-corrected chi connectivity index (χ2v) is 3.06. The summed E-state index contributed by atoms with van der Waals surface area (Å²) in [6.07, 6.45) is 1.12. The van der Waals surface area contributed by atoms with Gasteiger partial charge < -0.3 is 15.5 Å². The minimum absolute atomic E-state index is 0.0359. The molecule has 0 aromatic heterocycles. The van der Waals surface area contributed by atoms with Crippen molar-refractivity contribution in [3.63, 3.8) is 0 Å². The summed E-state index contributed by atoms with van der Waals surface area (Å²) in [5, 5.41) is 18.3. The first-order chi connectivity index (χ1) is 8.41. The van der Waals surface area contributed by atoms with E-state index in [2.05, 4.69) is 5.32 Å². The summed E-state index contributed by atoms with van der Waals surface area (Å²) in [5.74, 6) is -2.55. The number of carbonyl (C=O) groups excluding carboxylic acids is 1. The van der Waals surface area contributed by atoms with Crippen LogP contribution in [0.15, 0.2) is 42.5 Å². The van der Waals surface area contributed by atoms with E-state index >= 15 is 0 Å². The van der Waals surface area contributed by atoms with Gasteiger partial charge in [-0.15, -0.1) is 0 Å². The third-order valence-corrected chi connectivity index (χ3v) is 1.46. The van der Waals surface area contributed by atoms with Gasteiger partial charge in [0, 0.05) is 24.8 Å². The number of amides is 1. The van der Waals surface area contributed by atoms with E-state index in [0.717, 1.165) is 5.69 Å². The molecule has 6 nitrogen and oxygen atoms in total. The highest BCUT2D eigenvalue weighted by Crippen LogP contribution is 2.03. The maximum atomic E-state index is 10.5. The lowest BCUT2D eigenvalue weighted by Crippen LogP contribution is -2.04. The van der Waals surface area contributed by atoms with Crippen LogP contribution in [0.3, 0.4) is 0 Å². The van der Waals surface area contributed by atoms with Crippen molar-refractivity contribution in [3.05, 3.63) is 42.5 Å². The standard InChI is InChI=1S/C8H9NO.C4H4O4/c1-7(10)9-8-5-3-2-4-6-8;5-3(6)1-2-4(7)8/h2-6H,1H3,(H,9,10);1-2H,(H,5,6)(H,7,8)/b;2-1-. The fraction of sp³-hybridized carbons (Fsp3) is 0.0833. The van der Waals surface area contributed by atoms with Crippen molar-refractivity contribution in [2.24, 2.45) is 0 Å². The molecule has 0 unspecified atom stereocenters. The lowest BCUT2D eigenvalue weighted by Gasteiger charge is -1.98. The molecule has 0 radical (unpaired) electrons. The SMILES string of the molecule is CC(=O)Nc1ccccc1.O=C(O)/C=C\C(=O)O. The van der Waals surface area contributed by atoms with Gasteiger partial charge in [-0.1, -0.05) is 18.2 Å². The maximum Gasteiger partial charge on any atom is 0.328 e. The van der Waals surface area contributed by atoms with Crippen LogP contribution in [0.25, 0.3) is 0 Å². The largest absolute Gasteiger partial charge is 0.478 e. The molecule has 0 aliphatic carbocycles. The van der Waals surface area contributed by atoms with Gasteiger partial charge in [0.15, 0.2) is 0 Å². The van der Waals surface area contributed by atoms with Gasteiger partial charge in [0.1, 0.15) is 0 Å². The van der Waals surface area contributed by atoms with Gasteiger partial charge in [0.2, 0.25) is 5.91 Å². The summed E-state index contributed by atoms with van der Waals surface area (Å²) in [5.41, 5.74) is 0.843. The summed E-state index contributed by atoms with van der Waals surface area (Å²) in [6.45, 7) is 1.49. The van der Waals surface area contributed by atoms with Crippen molar-refractivity contribution in [2.45, 2.75) is 6.92 Å². The van der Waals surface area contributed by atoms with Crippen LogP contribution < -0.4 is 5.32 Å². The van der Waals surface area contributed by atoms with E-state index in [-0.39, 0.29) is 5.91 Å². The lowest BCUT2D eigenvalue weighted by atomic mass is 10.3. The number of carboxylic acids is 2. The third kappa shape index (κ3) is 9.91. The van der Waals surface area contributed by atoms with E-state index in [0.29, 0.717) is 12.2 Å². The molecule has 18 heavy (non-hydrogen) atoms. The number of anilines is 1. The Balaban J connectivity index is 0.000000331. The Hall–Kier alpha value is -2.63. The maximum absolute atomic E-state index is 10.5. The van der Waals surface area contributed by atoms with Crippen molar-refractivity contribution in [2.75, 3.05) is 5.32 Å². The van der Waals surface area contributed by atoms with Crippen LogP contribution in [-0.4, -0.2) is 28.1 Å². The Labute approximate surface area is 104 Å². The predicted octanol–water partition coefficient (Wildman–Crippen LogP) is 1.36. The van der Waals surface area contributed by atoms with Gasteiger partial charge in [-0.2, -0.15) is 0 Å². The zero-order chi connectivity index (χ0) is 14.0. The molecule has 0 saturated heterocycles. The molecule has 1 amide bonds. The van der Waals surface area contributed by atoms with Crippen LogP contribution in [0.4, 0.5) is 5.69 Å². The quantitative estimate of drug-likeness (QED) is 0.703. The van der Waals surface area contributed by atoms with Crippen LogP contribution in [0.1, 0.15) is 6.92 Å². The Bertz CT molecular complexity index is 423. The Kier molecular flexibility index (Phi) is 7.27. The molecular weight excluding hydrogens is 238 g/mol. The third-order valence-electron chi connectivity index (χ3n) is 1.46. The number of aliphatic carboxylic acids is 2. The smallest absolute Gasteiger partial charge is 0.328 e. The number of nitrogens with one attached hydrogen (secondary N) is 1. The minimum atomic E-state index is -1.26. The molecule has 0 heterocycles. The number of carboxylic acid groups (broad SMARTS) is 2. The van der Waals surface area contributed by atoms with Crippen LogP contribution in [0.2, 0.25) is 0 Å². The van der Waals surface area contributed by atoms with Gasteiger partial charge in [-0.05, 0) is 12.1 Å². The summed E-state index contributed by atoms with van der Waals surface area (Å²) in [4.78, 5) is 29.6. The topological polar surface area (TPSA) is 104 Å². The predicted molar refractivity (Wildman–Crippen MR) is 65.2 cm³/mol. The number of carbonyl (C=O) groups is 3. The zero-order valence-corrected chi connectivity index (χ0v) is 9.66. The van der Waals surface area contributed by atoms with Crippen LogP contribution in [0.5, 0.6) is 0 Å². The molecule has 0 saturated carbocycles. The molecule has 1 aromatic rings. The van der Waals surface area contributed by atoms with Gasteiger partial charge in [0.25, 0.3) is 0 Å². The molecular formula is C12H13NO5. The molecule has 0 fully saturated rings. The van der Waals surface area contributed by atoms with Crippen molar-refractivity contribution < 1.29 is 24.6 Å². The summed E-state index contributed by atoms with van der Waals surface area (Å²) in [7, 11) is 0. The van der Waals surface area contributed by atoms with Gasteiger partial charge in [0.05, 0.1) is 0 Å². The summed E-state index contributed by atoms with van der Waals surface area (Å²) in [6, 6.07) is 9.37. The number of hydrogen-bond acceptors (Lipinski definition) is 3. The van der Waals surface area contributed by atoms with Crippen LogP contribution in [0, 0.1) is 0 Å². The molecule has 0 aliphatic rings. The second-order valence-electron chi connectivity index (χ2n) is 3.06. The highest BCUT2D eigenvalue weighted by molar-refractivity contribution is 5.89. The van der Waals surface area contributed by atoms with E-state index in [9.17, 15) is 14.4 Å². The normalized spacial score (nSPS) is 9.17. The number of para-hydroxylation sites is 1. The molecule has 1 rings (SSSR count). The Morgan fingerprint density at radius 2 is 1.44 bits per heavy atom. The van der Waals surface area contributed by atoms with E-state index in [1.807, 2.05) is 30.3 Å². The number of benzene rings is 1. The lowest BCUT2D eigenvalue weighted by molar-refractivity contribution is -0.134. The molecule has 1 aromatic carbocycles. The molecule has 0 bridgehead atoms. The van der Waals surface area contributed by atoms with Crippen LogP contribution in [-0.2, 0) is 14.4 Å². The molecule has 0 spiro atoms. The Morgan fingerprint density at radius 3 is 1.78 bits per heavy atom. The molecule has 0 aliphatic heterocycles. The fourth-order valence-electron chi connectivity index (χ4n) is 0.867. The van der Waals surface area contributed by atoms with Gasteiger partial charge in [-0.25, -0.2) is 9.59 Å². The van der Waals surface area contributed by atoms with Crippen molar-refractivity contribution in [1.29, 1.82) is 0 Å². The fourth-order valence-corrected chi connectivity index (χ4v) is 0.867. The molecule has 3 N–H and O–H groups in total. The Morgan fingerprint density at radius 1 is 1.00 bits per heavy atom. The number of hydrogen-bond donors (Lipinski definition) is 3. The van der Waals surface area contributed by atoms with Gasteiger partial charge in [-0.3, -0.25) is 4.79 Å². The first-order valence-corrected chi connectivity index (χ1v) is 4.88. The highest BCUT2D eigenvalue weighted by atomic mass is 16.4. The van der Waals surface area contributed by atoms with Crippen molar-refractivity contribution in [3.8, 4) is 0 Å². The molecule has 0 atom stereocenters. The van der Waals surface area contributed by atoms with Crippen molar-refractivity contribution in [1.82, 2.24) is 0 Å². The average molecular weight is 251 g/mol. The van der Waals surface area contributed by atoms with Crippen LogP contribution >= 0.6 is 0 Å². The minimum Gasteiger partial charge on any atom is -0.478 e. The summed E-state index contributed by atoms with van der Waals surface area (Å²) < 4.78 is 0. The first-order valence-electron chi connectivity index (χ1n) is 4.88. The van der Waals surface area contributed by atoms with E-state index in [1.54, 1.807) is 0 Å². The monoisotopic (exact) mass is 251 g/mol.